The Hall–Kier alpha value is -3.28. The number of methoxy groups -OCH3 is 1. The molecular weight excluding hydrogens is 406 g/mol. The summed E-state index contributed by atoms with van der Waals surface area (Å²) in [4.78, 5) is 27.9. The molecule has 2 aromatic rings. The van der Waals surface area contributed by atoms with Crippen molar-refractivity contribution in [3.05, 3.63) is 71.0 Å². The van der Waals surface area contributed by atoms with Gasteiger partial charge in [0.05, 0.1) is 24.8 Å². The zero-order valence-electron chi connectivity index (χ0n) is 19.5. The molecule has 0 radical (unpaired) electrons. The normalized spacial score (nSPS) is 16.7. The standard InChI is InChI=1S/C26H31NO5/c1-16(2)32-19-12-10-18(11-13-19)22-21(24(29)26(3,4)5)23(28)25(30)27(22)15-17-8-7-9-20(14-17)31-6/h7-14,16,22,28H,15H2,1-6H3. The molecule has 1 aliphatic heterocycles. The van der Waals surface area contributed by atoms with Crippen LogP contribution in [-0.4, -0.2) is 34.9 Å². The Labute approximate surface area is 189 Å². The Balaban J connectivity index is 2.05. The van der Waals surface area contributed by atoms with Crippen molar-refractivity contribution < 1.29 is 24.2 Å². The second-order valence-corrected chi connectivity index (χ2v) is 9.26. The first-order chi connectivity index (χ1) is 15.0. The Bertz CT molecular complexity index is 1030. The van der Waals surface area contributed by atoms with E-state index in [2.05, 4.69) is 0 Å². The first-order valence-corrected chi connectivity index (χ1v) is 10.7. The molecule has 1 heterocycles. The number of Topliss-reactive ketones (excluding diaryl/α,β-unsaturated/α-hetero) is 1. The number of amides is 1. The second kappa shape index (κ2) is 9.07. The van der Waals surface area contributed by atoms with Gasteiger partial charge < -0.3 is 19.5 Å². The number of benzene rings is 2. The van der Waals surface area contributed by atoms with Crippen LogP contribution in [0.3, 0.4) is 0 Å². The van der Waals surface area contributed by atoms with E-state index < -0.39 is 23.1 Å². The molecule has 0 fully saturated rings. The molecule has 3 rings (SSSR count). The molecule has 32 heavy (non-hydrogen) atoms. The Morgan fingerprint density at radius 1 is 1.09 bits per heavy atom. The van der Waals surface area contributed by atoms with E-state index in [1.807, 2.05) is 62.4 Å². The lowest BCUT2D eigenvalue weighted by Crippen LogP contribution is -2.32. The van der Waals surface area contributed by atoms with Crippen LogP contribution in [0.1, 0.15) is 51.8 Å². The van der Waals surface area contributed by atoms with E-state index in [-0.39, 0.29) is 24.0 Å². The highest BCUT2D eigenvalue weighted by molar-refractivity contribution is 6.10. The fourth-order valence-corrected chi connectivity index (χ4v) is 3.77. The predicted octanol–water partition coefficient (Wildman–Crippen LogP) is 4.99. The molecule has 170 valence electrons. The minimum Gasteiger partial charge on any atom is -0.503 e. The summed E-state index contributed by atoms with van der Waals surface area (Å²) >= 11 is 0. The third-order valence-corrected chi connectivity index (χ3v) is 5.28. The number of aliphatic hydroxyl groups is 1. The van der Waals surface area contributed by atoms with Gasteiger partial charge in [-0.3, -0.25) is 9.59 Å². The second-order valence-electron chi connectivity index (χ2n) is 9.26. The van der Waals surface area contributed by atoms with E-state index in [0.717, 1.165) is 11.1 Å². The quantitative estimate of drug-likeness (QED) is 0.660. The van der Waals surface area contributed by atoms with Crippen LogP contribution in [0.4, 0.5) is 0 Å². The van der Waals surface area contributed by atoms with Crippen LogP contribution in [-0.2, 0) is 16.1 Å². The molecule has 6 heteroatoms. The van der Waals surface area contributed by atoms with Crippen LogP contribution < -0.4 is 9.47 Å². The molecule has 1 N–H and O–H groups in total. The highest BCUT2D eigenvalue weighted by atomic mass is 16.5. The average molecular weight is 438 g/mol. The lowest BCUT2D eigenvalue weighted by Gasteiger charge is -2.29. The van der Waals surface area contributed by atoms with Gasteiger partial charge in [0.25, 0.3) is 5.91 Å². The van der Waals surface area contributed by atoms with E-state index in [1.165, 1.54) is 4.90 Å². The molecule has 0 saturated carbocycles. The maximum Gasteiger partial charge on any atom is 0.290 e. The number of hydrogen-bond donors (Lipinski definition) is 1. The van der Waals surface area contributed by atoms with Gasteiger partial charge in [-0.15, -0.1) is 0 Å². The minimum atomic E-state index is -0.755. The molecule has 2 aromatic carbocycles. The summed E-state index contributed by atoms with van der Waals surface area (Å²) in [6.45, 7) is 9.45. The van der Waals surface area contributed by atoms with Gasteiger partial charge in [0.2, 0.25) is 0 Å². The van der Waals surface area contributed by atoms with Crippen LogP contribution in [0.15, 0.2) is 59.9 Å². The number of nitrogens with zero attached hydrogens (tertiary/aromatic N) is 1. The molecular formula is C26H31NO5. The molecule has 1 aliphatic rings. The molecule has 1 amide bonds. The molecule has 0 aliphatic carbocycles. The molecule has 6 nitrogen and oxygen atoms in total. The van der Waals surface area contributed by atoms with E-state index in [4.69, 9.17) is 9.47 Å². The average Bonchev–Trinajstić information content (AvgIpc) is 2.97. The van der Waals surface area contributed by atoms with Gasteiger partial charge in [-0.05, 0) is 49.2 Å². The van der Waals surface area contributed by atoms with E-state index in [1.54, 1.807) is 27.9 Å². The Kier molecular flexibility index (Phi) is 6.63. The first kappa shape index (κ1) is 23.4. The highest BCUT2D eigenvalue weighted by Gasteiger charge is 2.45. The number of hydrogen-bond acceptors (Lipinski definition) is 5. The van der Waals surface area contributed by atoms with Crippen LogP contribution in [0.2, 0.25) is 0 Å². The van der Waals surface area contributed by atoms with Gasteiger partial charge in [-0.2, -0.15) is 0 Å². The smallest absolute Gasteiger partial charge is 0.290 e. The molecule has 1 atom stereocenters. The van der Waals surface area contributed by atoms with Crippen molar-refractivity contribution >= 4 is 11.7 Å². The molecule has 1 unspecified atom stereocenters. The minimum absolute atomic E-state index is 0.0282. The van der Waals surface area contributed by atoms with Crippen molar-refractivity contribution in [1.82, 2.24) is 4.90 Å². The van der Waals surface area contributed by atoms with Crippen molar-refractivity contribution in [2.24, 2.45) is 5.41 Å². The number of carbonyl (C=O) groups excluding carboxylic acids is 2. The predicted molar refractivity (Wildman–Crippen MR) is 123 cm³/mol. The Morgan fingerprint density at radius 3 is 2.31 bits per heavy atom. The van der Waals surface area contributed by atoms with Gasteiger partial charge >= 0.3 is 0 Å². The first-order valence-electron chi connectivity index (χ1n) is 10.7. The summed E-state index contributed by atoms with van der Waals surface area (Å²) in [6, 6.07) is 14.0. The fourth-order valence-electron chi connectivity index (χ4n) is 3.77. The SMILES string of the molecule is COc1cccc(CN2C(=O)C(O)=C(C(=O)C(C)(C)C)C2c2ccc(OC(C)C)cc2)c1. The lowest BCUT2D eigenvalue weighted by atomic mass is 9.82. The third kappa shape index (κ3) is 4.79. The number of rotatable bonds is 7. The van der Waals surface area contributed by atoms with Gasteiger partial charge in [0.1, 0.15) is 11.5 Å². The molecule has 0 spiro atoms. The summed E-state index contributed by atoms with van der Waals surface area (Å²) in [5.74, 6) is 0.0608. The number of ether oxygens (including phenoxy) is 2. The highest BCUT2D eigenvalue weighted by Crippen LogP contribution is 2.42. The molecule has 0 aromatic heterocycles. The van der Waals surface area contributed by atoms with Gasteiger partial charge in [0.15, 0.2) is 11.5 Å². The summed E-state index contributed by atoms with van der Waals surface area (Å²) in [7, 11) is 1.58. The van der Waals surface area contributed by atoms with Gasteiger partial charge in [0, 0.05) is 12.0 Å². The molecule has 0 bridgehead atoms. The third-order valence-electron chi connectivity index (χ3n) is 5.28. The van der Waals surface area contributed by atoms with Crippen LogP contribution >= 0.6 is 0 Å². The van der Waals surface area contributed by atoms with E-state index >= 15 is 0 Å². The number of carbonyl (C=O) groups is 2. The van der Waals surface area contributed by atoms with Crippen molar-refractivity contribution in [2.75, 3.05) is 7.11 Å². The van der Waals surface area contributed by atoms with Gasteiger partial charge in [-0.25, -0.2) is 0 Å². The lowest BCUT2D eigenvalue weighted by molar-refractivity contribution is -0.130. The van der Waals surface area contributed by atoms with Gasteiger partial charge in [-0.1, -0.05) is 45.0 Å². The maximum atomic E-state index is 13.3. The number of aliphatic hydroxyl groups excluding tert-OH is 1. The zero-order valence-corrected chi connectivity index (χ0v) is 19.5. The summed E-state index contributed by atoms with van der Waals surface area (Å²) < 4.78 is 11.0. The monoisotopic (exact) mass is 437 g/mol. The van der Waals surface area contributed by atoms with Crippen molar-refractivity contribution in [3.8, 4) is 11.5 Å². The topological polar surface area (TPSA) is 76.1 Å². The zero-order chi connectivity index (χ0) is 23.6. The van der Waals surface area contributed by atoms with Crippen LogP contribution in [0.5, 0.6) is 11.5 Å². The van der Waals surface area contributed by atoms with Crippen LogP contribution in [0.25, 0.3) is 0 Å². The van der Waals surface area contributed by atoms with E-state index in [9.17, 15) is 14.7 Å². The summed E-state index contributed by atoms with van der Waals surface area (Å²) in [5, 5.41) is 10.8. The van der Waals surface area contributed by atoms with E-state index in [0.29, 0.717) is 11.5 Å². The summed E-state index contributed by atoms with van der Waals surface area (Å²) in [5.41, 5.74) is 0.936. The fraction of sp³-hybridized carbons (Fsp3) is 0.385. The maximum absolute atomic E-state index is 13.3. The van der Waals surface area contributed by atoms with Crippen molar-refractivity contribution in [3.63, 3.8) is 0 Å². The Morgan fingerprint density at radius 2 is 1.75 bits per heavy atom. The molecule has 0 saturated heterocycles. The van der Waals surface area contributed by atoms with Crippen LogP contribution in [0, 0.1) is 5.41 Å². The largest absolute Gasteiger partial charge is 0.503 e. The summed E-state index contributed by atoms with van der Waals surface area (Å²) in [6.07, 6.45) is 0.0282. The van der Waals surface area contributed by atoms with Crippen molar-refractivity contribution in [2.45, 2.75) is 53.3 Å². The number of ketones is 1. The van der Waals surface area contributed by atoms with Crippen molar-refractivity contribution in [1.29, 1.82) is 0 Å².